The van der Waals surface area contributed by atoms with Crippen molar-refractivity contribution in [2.45, 2.75) is 6.04 Å². The third-order valence-electron chi connectivity index (χ3n) is 3.21. The lowest BCUT2D eigenvalue weighted by molar-refractivity contribution is -0.120. The Labute approximate surface area is 125 Å². The molecule has 1 amide bonds. The first-order valence-electron chi connectivity index (χ1n) is 6.24. The van der Waals surface area contributed by atoms with Crippen molar-refractivity contribution < 1.29 is 9.18 Å². The molecule has 0 fully saturated rings. The first-order chi connectivity index (χ1) is 10.0. The van der Waals surface area contributed by atoms with Crippen molar-refractivity contribution in [2.24, 2.45) is 10.7 Å². The molecule has 0 aromatic heterocycles. The number of nitrogens with two attached hydrogens (primary N) is 1. The van der Waals surface area contributed by atoms with Crippen molar-refractivity contribution in [3.05, 3.63) is 58.9 Å². The number of nitrogens with one attached hydrogen (secondary N) is 1. The topological polar surface area (TPSA) is 67.5 Å². The average molecular weight is 304 g/mol. The van der Waals surface area contributed by atoms with Crippen LogP contribution in [0.3, 0.4) is 0 Å². The molecule has 1 aliphatic heterocycles. The van der Waals surface area contributed by atoms with Gasteiger partial charge in [-0.2, -0.15) is 0 Å². The van der Waals surface area contributed by atoms with E-state index in [1.807, 2.05) is 0 Å². The van der Waals surface area contributed by atoms with Gasteiger partial charge in [-0.05, 0) is 35.4 Å². The Hall–Kier alpha value is -2.40. The summed E-state index contributed by atoms with van der Waals surface area (Å²) in [6, 6.07) is 10.5. The summed E-state index contributed by atoms with van der Waals surface area (Å²) in [6.45, 7) is 0. The van der Waals surface area contributed by atoms with Gasteiger partial charge in [0.2, 0.25) is 0 Å². The van der Waals surface area contributed by atoms with Gasteiger partial charge in [0.1, 0.15) is 5.82 Å². The second kappa shape index (κ2) is 5.18. The number of rotatable bonds is 2. The standard InChI is InChI=1S/C15H11ClFN3O/c16-10-3-1-2-8(6-10)11-7-9(4-5-12(11)17)13-14(21)20-15(18)19-13/h1-7,13H,(H3,18,19,20,21). The van der Waals surface area contributed by atoms with Crippen LogP contribution < -0.4 is 11.1 Å². The minimum atomic E-state index is -0.747. The first-order valence-corrected chi connectivity index (χ1v) is 6.62. The predicted molar refractivity (Wildman–Crippen MR) is 79.4 cm³/mol. The Morgan fingerprint density at radius 1 is 1.24 bits per heavy atom. The van der Waals surface area contributed by atoms with E-state index < -0.39 is 11.9 Å². The highest BCUT2D eigenvalue weighted by Crippen LogP contribution is 2.30. The number of hydrogen-bond acceptors (Lipinski definition) is 3. The molecule has 3 rings (SSSR count). The monoisotopic (exact) mass is 303 g/mol. The molecule has 2 aromatic carbocycles. The van der Waals surface area contributed by atoms with Crippen LogP contribution >= 0.6 is 11.6 Å². The van der Waals surface area contributed by atoms with Crippen molar-refractivity contribution in [3.63, 3.8) is 0 Å². The van der Waals surface area contributed by atoms with Crippen molar-refractivity contribution in [1.29, 1.82) is 0 Å². The molecule has 0 saturated carbocycles. The molecule has 21 heavy (non-hydrogen) atoms. The molecule has 0 saturated heterocycles. The van der Waals surface area contributed by atoms with E-state index in [9.17, 15) is 9.18 Å². The van der Waals surface area contributed by atoms with E-state index in [0.717, 1.165) is 0 Å². The van der Waals surface area contributed by atoms with Gasteiger partial charge in [-0.15, -0.1) is 0 Å². The second-order valence-corrected chi connectivity index (χ2v) is 5.09. The number of amides is 1. The summed E-state index contributed by atoms with van der Waals surface area (Å²) >= 11 is 5.93. The Balaban J connectivity index is 2.07. The maximum atomic E-state index is 14.0. The van der Waals surface area contributed by atoms with Crippen LogP contribution in [-0.4, -0.2) is 11.9 Å². The maximum Gasteiger partial charge on any atom is 0.256 e. The predicted octanol–water partition coefficient (Wildman–Crippen LogP) is 2.63. The molecule has 1 atom stereocenters. The van der Waals surface area contributed by atoms with Gasteiger partial charge in [0, 0.05) is 10.6 Å². The minimum absolute atomic E-state index is 0.0682. The zero-order valence-corrected chi connectivity index (χ0v) is 11.6. The summed E-state index contributed by atoms with van der Waals surface area (Å²) in [5.41, 5.74) is 7.05. The Morgan fingerprint density at radius 2 is 2.05 bits per heavy atom. The van der Waals surface area contributed by atoms with E-state index in [4.69, 9.17) is 17.3 Å². The fourth-order valence-corrected chi connectivity index (χ4v) is 2.43. The van der Waals surface area contributed by atoms with Gasteiger partial charge >= 0.3 is 0 Å². The van der Waals surface area contributed by atoms with E-state index in [0.29, 0.717) is 21.7 Å². The molecule has 0 spiro atoms. The Morgan fingerprint density at radius 3 is 2.71 bits per heavy atom. The molecule has 2 aromatic rings. The van der Waals surface area contributed by atoms with Crippen LogP contribution in [0.25, 0.3) is 11.1 Å². The van der Waals surface area contributed by atoms with Gasteiger partial charge in [0.25, 0.3) is 5.91 Å². The SMILES string of the molecule is NC1=NC(c2ccc(F)c(-c3cccc(Cl)c3)c2)C(=O)N1. The molecule has 4 nitrogen and oxygen atoms in total. The lowest BCUT2D eigenvalue weighted by Crippen LogP contribution is -2.31. The Bertz CT molecular complexity index is 760. The molecule has 1 aliphatic rings. The number of benzene rings is 2. The number of carbonyl (C=O) groups is 1. The lowest BCUT2D eigenvalue weighted by atomic mass is 9.99. The van der Waals surface area contributed by atoms with E-state index >= 15 is 0 Å². The van der Waals surface area contributed by atoms with Crippen LogP contribution in [-0.2, 0) is 4.79 Å². The highest BCUT2D eigenvalue weighted by Gasteiger charge is 2.27. The lowest BCUT2D eigenvalue weighted by Gasteiger charge is -2.09. The summed E-state index contributed by atoms with van der Waals surface area (Å²) in [5.74, 6) is -0.647. The quantitative estimate of drug-likeness (QED) is 0.895. The van der Waals surface area contributed by atoms with Gasteiger partial charge in [-0.1, -0.05) is 29.8 Å². The van der Waals surface area contributed by atoms with E-state index in [1.54, 1.807) is 30.3 Å². The number of nitrogens with zero attached hydrogens (tertiary/aromatic N) is 1. The largest absolute Gasteiger partial charge is 0.370 e. The molecular formula is C15H11ClFN3O. The number of aliphatic imine (C=N–C) groups is 1. The highest BCUT2D eigenvalue weighted by molar-refractivity contribution is 6.30. The molecule has 6 heteroatoms. The van der Waals surface area contributed by atoms with Crippen LogP contribution in [0.5, 0.6) is 0 Å². The number of halogens is 2. The molecule has 1 heterocycles. The molecule has 0 aliphatic carbocycles. The fraction of sp³-hybridized carbons (Fsp3) is 0.0667. The zero-order valence-electron chi connectivity index (χ0n) is 10.8. The summed E-state index contributed by atoms with van der Waals surface area (Å²) in [4.78, 5) is 15.8. The molecule has 3 N–H and O–H groups in total. The van der Waals surface area contributed by atoms with Crippen molar-refractivity contribution in [3.8, 4) is 11.1 Å². The highest BCUT2D eigenvalue weighted by atomic mass is 35.5. The second-order valence-electron chi connectivity index (χ2n) is 4.66. The third-order valence-corrected chi connectivity index (χ3v) is 3.44. The molecule has 0 radical (unpaired) electrons. The Kier molecular flexibility index (Phi) is 3.35. The van der Waals surface area contributed by atoms with E-state index in [-0.39, 0.29) is 11.9 Å². The summed E-state index contributed by atoms with van der Waals surface area (Å²) in [5, 5.41) is 2.93. The van der Waals surface area contributed by atoms with Gasteiger partial charge in [0.05, 0.1) is 0 Å². The van der Waals surface area contributed by atoms with Crippen LogP contribution in [0.1, 0.15) is 11.6 Å². The first kappa shape index (κ1) is 13.6. The van der Waals surface area contributed by atoms with Crippen molar-refractivity contribution in [2.75, 3.05) is 0 Å². The summed E-state index contributed by atoms with van der Waals surface area (Å²) in [7, 11) is 0. The van der Waals surface area contributed by atoms with E-state index in [2.05, 4.69) is 10.3 Å². The van der Waals surface area contributed by atoms with Gasteiger partial charge in [-0.25, -0.2) is 9.38 Å². The fourth-order valence-electron chi connectivity index (χ4n) is 2.24. The summed E-state index contributed by atoms with van der Waals surface area (Å²) in [6.07, 6.45) is 0. The number of hydrogen-bond donors (Lipinski definition) is 2. The van der Waals surface area contributed by atoms with Crippen LogP contribution in [0.15, 0.2) is 47.5 Å². The van der Waals surface area contributed by atoms with Crippen LogP contribution in [0.2, 0.25) is 5.02 Å². The minimum Gasteiger partial charge on any atom is -0.370 e. The number of carbonyl (C=O) groups excluding carboxylic acids is 1. The van der Waals surface area contributed by atoms with Crippen molar-refractivity contribution >= 4 is 23.5 Å². The molecule has 106 valence electrons. The smallest absolute Gasteiger partial charge is 0.256 e. The molecule has 0 bridgehead atoms. The third kappa shape index (κ3) is 2.60. The number of guanidine groups is 1. The normalized spacial score (nSPS) is 17.5. The molecule has 1 unspecified atom stereocenters. The van der Waals surface area contributed by atoms with Crippen LogP contribution in [0.4, 0.5) is 4.39 Å². The van der Waals surface area contributed by atoms with Crippen molar-refractivity contribution in [1.82, 2.24) is 5.32 Å². The summed E-state index contributed by atoms with van der Waals surface area (Å²) < 4.78 is 14.0. The van der Waals surface area contributed by atoms with E-state index in [1.165, 1.54) is 12.1 Å². The van der Waals surface area contributed by atoms with Gasteiger partial charge in [0.15, 0.2) is 12.0 Å². The molecular weight excluding hydrogens is 293 g/mol. The average Bonchev–Trinajstić information content (AvgIpc) is 2.78. The van der Waals surface area contributed by atoms with Crippen LogP contribution in [0, 0.1) is 5.82 Å². The van der Waals surface area contributed by atoms with Gasteiger partial charge < -0.3 is 5.73 Å². The maximum absolute atomic E-state index is 14.0. The zero-order chi connectivity index (χ0) is 15.0. The van der Waals surface area contributed by atoms with Gasteiger partial charge in [-0.3, -0.25) is 10.1 Å².